The summed E-state index contributed by atoms with van der Waals surface area (Å²) in [4.78, 5) is 9.80. The molecule has 3 nitrogen and oxygen atoms in total. The molecule has 3 aromatic rings. The van der Waals surface area contributed by atoms with Crippen molar-refractivity contribution in [3.8, 4) is 0 Å². The van der Waals surface area contributed by atoms with Crippen LogP contribution >= 0.6 is 22.7 Å². The molecule has 0 saturated carbocycles. The Balaban J connectivity index is 1.72. The predicted octanol–water partition coefficient (Wildman–Crippen LogP) is 3.60. The fraction of sp³-hybridized carbons (Fsp3) is 0.231. The SMILES string of the molecule is CC(NCc1cncs1)c1cnc2ccsc2c1. The Bertz CT molecular complexity index is 631. The van der Waals surface area contributed by atoms with E-state index < -0.39 is 0 Å². The molecule has 5 heteroatoms. The third kappa shape index (κ3) is 2.43. The van der Waals surface area contributed by atoms with Crippen LogP contribution in [0.5, 0.6) is 0 Å². The number of nitrogens with zero attached hydrogens (tertiary/aromatic N) is 2. The first-order valence-corrected chi connectivity index (χ1v) is 7.53. The first-order valence-electron chi connectivity index (χ1n) is 5.77. The molecule has 0 fully saturated rings. The minimum absolute atomic E-state index is 0.297. The van der Waals surface area contributed by atoms with E-state index in [1.54, 1.807) is 22.7 Å². The van der Waals surface area contributed by atoms with Crippen molar-refractivity contribution in [3.63, 3.8) is 0 Å². The van der Waals surface area contributed by atoms with Gasteiger partial charge in [0, 0.05) is 29.9 Å². The average molecular weight is 275 g/mol. The van der Waals surface area contributed by atoms with Gasteiger partial charge in [0.15, 0.2) is 0 Å². The summed E-state index contributed by atoms with van der Waals surface area (Å²) in [5.41, 5.74) is 4.17. The molecule has 92 valence electrons. The van der Waals surface area contributed by atoms with Crippen molar-refractivity contribution in [2.24, 2.45) is 0 Å². The molecule has 0 aromatic carbocycles. The van der Waals surface area contributed by atoms with Gasteiger partial charge in [-0.05, 0) is 30.0 Å². The van der Waals surface area contributed by atoms with Gasteiger partial charge in [-0.2, -0.15) is 0 Å². The Labute approximate surface area is 114 Å². The van der Waals surface area contributed by atoms with Crippen molar-refractivity contribution in [2.75, 3.05) is 0 Å². The van der Waals surface area contributed by atoms with Crippen LogP contribution in [0.15, 0.2) is 35.4 Å². The minimum Gasteiger partial charge on any atom is -0.305 e. The Morgan fingerprint density at radius 2 is 2.28 bits per heavy atom. The summed E-state index contributed by atoms with van der Waals surface area (Å²) in [6.07, 6.45) is 3.87. The third-order valence-electron chi connectivity index (χ3n) is 2.89. The normalized spacial score (nSPS) is 12.9. The standard InChI is InChI=1S/C13H13N3S2/c1-9(15-7-11-6-14-8-18-11)10-4-13-12(16-5-10)2-3-17-13/h2-6,8-9,15H,7H2,1H3. The van der Waals surface area contributed by atoms with Gasteiger partial charge >= 0.3 is 0 Å². The number of nitrogens with one attached hydrogen (secondary N) is 1. The Hall–Kier alpha value is -1.30. The summed E-state index contributed by atoms with van der Waals surface area (Å²) in [6, 6.07) is 4.57. The second-order valence-corrected chi connectivity index (χ2v) is 6.06. The minimum atomic E-state index is 0.297. The van der Waals surface area contributed by atoms with Crippen molar-refractivity contribution in [3.05, 3.63) is 45.9 Å². The van der Waals surface area contributed by atoms with Crippen molar-refractivity contribution < 1.29 is 0 Å². The molecule has 3 heterocycles. The Kier molecular flexibility index (Phi) is 3.36. The zero-order valence-corrected chi connectivity index (χ0v) is 11.6. The second kappa shape index (κ2) is 5.14. The van der Waals surface area contributed by atoms with Gasteiger partial charge in [0.2, 0.25) is 0 Å². The fourth-order valence-corrected chi connectivity index (χ4v) is 3.13. The summed E-state index contributed by atoms with van der Waals surface area (Å²) in [5, 5.41) is 5.57. The molecule has 0 saturated heterocycles. The smallest absolute Gasteiger partial charge is 0.0809 e. The molecular weight excluding hydrogens is 262 g/mol. The van der Waals surface area contributed by atoms with E-state index in [9.17, 15) is 0 Å². The number of thiophene rings is 1. The lowest BCUT2D eigenvalue weighted by atomic mass is 10.1. The number of aromatic nitrogens is 2. The number of rotatable bonds is 4. The van der Waals surface area contributed by atoms with Gasteiger partial charge in [-0.1, -0.05) is 0 Å². The molecule has 3 aromatic heterocycles. The highest BCUT2D eigenvalue weighted by Gasteiger charge is 2.07. The van der Waals surface area contributed by atoms with Crippen LogP contribution < -0.4 is 5.32 Å². The molecule has 0 amide bonds. The molecule has 0 bridgehead atoms. The van der Waals surface area contributed by atoms with E-state index in [0.717, 1.165) is 12.1 Å². The lowest BCUT2D eigenvalue weighted by molar-refractivity contribution is 0.577. The number of hydrogen-bond acceptors (Lipinski definition) is 5. The van der Waals surface area contributed by atoms with Crippen LogP contribution in [0.25, 0.3) is 10.2 Å². The molecule has 0 aliphatic heterocycles. The maximum absolute atomic E-state index is 4.47. The molecule has 1 unspecified atom stereocenters. The molecule has 0 spiro atoms. The van der Waals surface area contributed by atoms with Crippen LogP contribution in [0.1, 0.15) is 23.4 Å². The molecule has 1 N–H and O–H groups in total. The maximum Gasteiger partial charge on any atom is 0.0809 e. The van der Waals surface area contributed by atoms with Crippen LogP contribution in [0, 0.1) is 0 Å². The lowest BCUT2D eigenvalue weighted by Crippen LogP contribution is -2.17. The fourth-order valence-electron chi connectivity index (χ4n) is 1.80. The molecular formula is C13H13N3S2. The monoisotopic (exact) mass is 275 g/mol. The summed E-state index contributed by atoms with van der Waals surface area (Å²) >= 11 is 3.41. The van der Waals surface area contributed by atoms with E-state index in [0.29, 0.717) is 6.04 Å². The first kappa shape index (κ1) is 11.8. The molecule has 0 aliphatic rings. The molecule has 0 aliphatic carbocycles. The van der Waals surface area contributed by atoms with E-state index >= 15 is 0 Å². The van der Waals surface area contributed by atoms with Gasteiger partial charge in [-0.25, -0.2) is 0 Å². The maximum atomic E-state index is 4.47. The van der Waals surface area contributed by atoms with E-state index in [2.05, 4.69) is 39.7 Å². The van der Waals surface area contributed by atoms with Gasteiger partial charge in [-0.15, -0.1) is 22.7 Å². The van der Waals surface area contributed by atoms with Gasteiger partial charge in [0.1, 0.15) is 0 Å². The van der Waals surface area contributed by atoms with E-state index in [1.807, 2.05) is 17.9 Å². The Morgan fingerprint density at radius 1 is 1.33 bits per heavy atom. The number of pyridine rings is 1. The number of thiazole rings is 1. The average Bonchev–Trinajstić information content (AvgIpc) is 3.05. The second-order valence-electron chi connectivity index (χ2n) is 4.14. The summed E-state index contributed by atoms with van der Waals surface area (Å²) in [6.45, 7) is 3.02. The van der Waals surface area contributed by atoms with Crippen molar-refractivity contribution in [1.82, 2.24) is 15.3 Å². The molecule has 18 heavy (non-hydrogen) atoms. The predicted molar refractivity (Wildman–Crippen MR) is 77.0 cm³/mol. The molecule has 1 atom stereocenters. The summed E-state index contributed by atoms with van der Waals surface area (Å²) < 4.78 is 1.25. The topological polar surface area (TPSA) is 37.8 Å². The largest absolute Gasteiger partial charge is 0.305 e. The highest BCUT2D eigenvalue weighted by molar-refractivity contribution is 7.17. The van der Waals surface area contributed by atoms with Gasteiger partial charge in [0.05, 0.1) is 15.7 Å². The quantitative estimate of drug-likeness (QED) is 0.790. The lowest BCUT2D eigenvalue weighted by Gasteiger charge is -2.13. The summed E-state index contributed by atoms with van der Waals surface area (Å²) in [5.74, 6) is 0. The first-order chi connectivity index (χ1) is 8.83. The molecule has 3 rings (SSSR count). The van der Waals surface area contributed by atoms with Crippen LogP contribution in [0.4, 0.5) is 0 Å². The van der Waals surface area contributed by atoms with Crippen LogP contribution in [0.2, 0.25) is 0 Å². The number of hydrogen-bond donors (Lipinski definition) is 1. The van der Waals surface area contributed by atoms with Crippen LogP contribution in [-0.4, -0.2) is 9.97 Å². The van der Waals surface area contributed by atoms with Gasteiger partial charge in [0.25, 0.3) is 0 Å². The number of fused-ring (bicyclic) bond motifs is 1. The zero-order chi connectivity index (χ0) is 12.4. The highest BCUT2D eigenvalue weighted by Crippen LogP contribution is 2.22. The van der Waals surface area contributed by atoms with Crippen molar-refractivity contribution >= 4 is 32.9 Å². The van der Waals surface area contributed by atoms with E-state index in [1.165, 1.54) is 15.1 Å². The van der Waals surface area contributed by atoms with Crippen molar-refractivity contribution in [2.45, 2.75) is 19.5 Å². The van der Waals surface area contributed by atoms with Gasteiger partial charge in [-0.3, -0.25) is 9.97 Å². The third-order valence-corrected chi connectivity index (χ3v) is 4.52. The van der Waals surface area contributed by atoms with E-state index in [4.69, 9.17) is 0 Å². The Morgan fingerprint density at radius 3 is 3.11 bits per heavy atom. The van der Waals surface area contributed by atoms with Crippen molar-refractivity contribution in [1.29, 1.82) is 0 Å². The van der Waals surface area contributed by atoms with Crippen LogP contribution in [0.3, 0.4) is 0 Å². The highest BCUT2D eigenvalue weighted by atomic mass is 32.1. The zero-order valence-electron chi connectivity index (χ0n) is 9.96. The van der Waals surface area contributed by atoms with E-state index in [-0.39, 0.29) is 0 Å². The van der Waals surface area contributed by atoms with Gasteiger partial charge < -0.3 is 5.32 Å². The molecule has 0 radical (unpaired) electrons. The van der Waals surface area contributed by atoms with Crippen LogP contribution in [-0.2, 0) is 6.54 Å². The summed E-state index contributed by atoms with van der Waals surface area (Å²) in [7, 11) is 0.